The number of esters is 1. The summed E-state index contributed by atoms with van der Waals surface area (Å²) in [7, 11) is 0. The molecule has 0 aromatic carbocycles. The van der Waals surface area contributed by atoms with Gasteiger partial charge in [-0.25, -0.2) is 0 Å². The summed E-state index contributed by atoms with van der Waals surface area (Å²) in [4.78, 5) is 34.6. The van der Waals surface area contributed by atoms with Gasteiger partial charge in [0.25, 0.3) is 0 Å². The lowest BCUT2D eigenvalue weighted by Gasteiger charge is -2.18. The van der Waals surface area contributed by atoms with E-state index in [0.717, 1.165) is 77.0 Å². The molecule has 0 bridgehead atoms. The Kier molecular flexibility index (Phi) is 28.9. The molecule has 1 amide bonds. The summed E-state index contributed by atoms with van der Waals surface area (Å²) < 4.78 is 5.85. The number of carboxylic acid groups (broad SMARTS) is 1. The highest BCUT2D eigenvalue weighted by Gasteiger charge is 2.13. The van der Waals surface area contributed by atoms with E-state index >= 15 is 0 Å². The second-order valence-corrected chi connectivity index (χ2v) is 10.7. The van der Waals surface area contributed by atoms with Crippen molar-refractivity contribution in [2.24, 2.45) is 0 Å². The number of allylic oxidation sites excluding steroid dienone is 9. The third-order valence-corrected chi connectivity index (χ3v) is 6.74. The third kappa shape index (κ3) is 30.1. The molecule has 0 aromatic heterocycles. The molecule has 1 unspecified atom stereocenters. The van der Waals surface area contributed by atoms with Gasteiger partial charge in [-0.2, -0.15) is 0 Å². The third-order valence-electron chi connectivity index (χ3n) is 6.74. The van der Waals surface area contributed by atoms with Gasteiger partial charge in [-0.05, 0) is 64.2 Å². The first-order valence-electron chi connectivity index (χ1n) is 16.4. The highest BCUT2D eigenvalue weighted by molar-refractivity contribution is 5.80. The predicted molar refractivity (Wildman–Crippen MR) is 175 cm³/mol. The monoisotopic (exact) mass is 585 g/mol. The lowest BCUT2D eigenvalue weighted by Crippen LogP contribution is -2.28. The average molecular weight is 586 g/mol. The van der Waals surface area contributed by atoms with Gasteiger partial charge in [0.1, 0.15) is 12.6 Å². The van der Waals surface area contributed by atoms with Crippen LogP contribution in [0.15, 0.2) is 60.8 Å². The summed E-state index contributed by atoms with van der Waals surface area (Å²) in [6, 6.07) is 0. The SMILES string of the molecule is CC/C=C\C/C=C\C/C=C\C/C=C\C/C=C\CC(=O)OC(CCCCCCCC)CCCCCCC(=O)NCC(=O)O. The van der Waals surface area contributed by atoms with Crippen LogP contribution in [0.3, 0.4) is 0 Å². The zero-order valence-electron chi connectivity index (χ0n) is 26.6. The molecule has 0 saturated carbocycles. The Bertz CT molecular complexity index is 825. The van der Waals surface area contributed by atoms with E-state index in [2.05, 4.69) is 67.8 Å². The van der Waals surface area contributed by atoms with Gasteiger partial charge < -0.3 is 15.2 Å². The van der Waals surface area contributed by atoms with E-state index in [1.54, 1.807) is 0 Å². The number of carbonyl (C=O) groups is 3. The zero-order valence-corrected chi connectivity index (χ0v) is 26.6. The highest BCUT2D eigenvalue weighted by atomic mass is 16.5. The minimum Gasteiger partial charge on any atom is -0.480 e. The van der Waals surface area contributed by atoms with Crippen LogP contribution in [0.25, 0.3) is 0 Å². The van der Waals surface area contributed by atoms with Crippen LogP contribution in [0.1, 0.15) is 136 Å². The summed E-state index contributed by atoms with van der Waals surface area (Å²) in [5.74, 6) is -1.42. The lowest BCUT2D eigenvalue weighted by atomic mass is 10.0. The molecule has 0 aliphatic carbocycles. The Morgan fingerprint density at radius 2 is 1.12 bits per heavy atom. The maximum absolute atomic E-state index is 12.5. The number of carbonyl (C=O) groups excluding carboxylic acids is 2. The molecule has 1 atom stereocenters. The highest BCUT2D eigenvalue weighted by Crippen LogP contribution is 2.17. The van der Waals surface area contributed by atoms with Gasteiger partial charge in [-0.3, -0.25) is 14.4 Å². The van der Waals surface area contributed by atoms with Crippen molar-refractivity contribution in [2.45, 2.75) is 142 Å². The van der Waals surface area contributed by atoms with Crippen molar-refractivity contribution in [3.8, 4) is 0 Å². The molecule has 0 heterocycles. The van der Waals surface area contributed by atoms with Crippen LogP contribution in [0.2, 0.25) is 0 Å². The average Bonchev–Trinajstić information content (AvgIpc) is 2.97. The van der Waals surface area contributed by atoms with Gasteiger partial charge in [0.05, 0.1) is 6.42 Å². The van der Waals surface area contributed by atoms with Gasteiger partial charge in [0, 0.05) is 6.42 Å². The molecular formula is C36H59NO5. The summed E-state index contributed by atoms with van der Waals surface area (Å²) >= 11 is 0. The van der Waals surface area contributed by atoms with Crippen molar-refractivity contribution in [3.63, 3.8) is 0 Å². The fourth-order valence-electron chi connectivity index (χ4n) is 4.35. The van der Waals surface area contributed by atoms with Crippen molar-refractivity contribution in [1.29, 1.82) is 0 Å². The smallest absolute Gasteiger partial charge is 0.322 e. The minimum atomic E-state index is -1.03. The van der Waals surface area contributed by atoms with Gasteiger partial charge >= 0.3 is 11.9 Å². The van der Waals surface area contributed by atoms with Crippen molar-refractivity contribution >= 4 is 17.8 Å². The van der Waals surface area contributed by atoms with Crippen LogP contribution >= 0.6 is 0 Å². The number of carboxylic acids is 1. The normalized spacial score (nSPS) is 12.8. The molecule has 2 N–H and O–H groups in total. The molecule has 0 radical (unpaired) electrons. The second kappa shape index (κ2) is 31.1. The Morgan fingerprint density at radius 3 is 1.64 bits per heavy atom. The number of ether oxygens (including phenoxy) is 1. The van der Waals surface area contributed by atoms with E-state index in [9.17, 15) is 14.4 Å². The largest absolute Gasteiger partial charge is 0.480 e. The molecule has 0 aliphatic rings. The first-order valence-corrected chi connectivity index (χ1v) is 16.4. The molecule has 0 rings (SSSR count). The molecular weight excluding hydrogens is 526 g/mol. The van der Waals surface area contributed by atoms with Crippen molar-refractivity contribution < 1.29 is 24.2 Å². The van der Waals surface area contributed by atoms with Crippen LogP contribution in [-0.2, 0) is 19.1 Å². The number of nitrogens with one attached hydrogen (secondary N) is 1. The summed E-state index contributed by atoms with van der Waals surface area (Å²) in [6.07, 6.45) is 39.2. The topological polar surface area (TPSA) is 92.7 Å². The molecule has 0 spiro atoms. The Hall–Kier alpha value is -2.89. The predicted octanol–water partition coefficient (Wildman–Crippen LogP) is 9.33. The maximum Gasteiger partial charge on any atom is 0.322 e. The number of rotatable bonds is 28. The number of hydrogen-bond donors (Lipinski definition) is 2. The molecule has 238 valence electrons. The fourth-order valence-corrected chi connectivity index (χ4v) is 4.35. The quantitative estimate of drug-likeness (QED) is 0.0542. The van der Waals surface area contributed by atoms with Gasteiger partial charge in [0.2, 0.25) is 5.91 Å². The lowest BCUT2D eigenvalue weighted by molar-refractivity contribution is -0.148. The van der Waals surface area contributed by atoms with Crippen LogP contribution < -0.4 is 5.32 Å². The number of aliphatic carboxylic acids is 1. The maximum atomic E-state index is 12.5. The van der Waals surface area contributed by atoms with Crippen molar-refractivity contribution in [1.82, 2.24) is 5.32 Å². The van der Waals surface area contributed by atoms with E-state index in [4.69, 9.17) is 9.84 Å². The standard InChI is InChI=1S/C36H59NO5/c1-3-5-7-9-11-12-13-14-15-16-17-18-19-21-27-31-36(41)42-33(28-24-20-10-8-6-4-2)29-25-22-23-26-30-34(38)37-32-35(39)40/h5,7,11-12,14-15,17-18,21,27,33H,3-4,6,8-10,13,16,19-20,22-26,28-32H2,1-2H3,(H,37,38)(H,39,40)/b7-5-,12-11-,15-14-,18-17-,27-21-. The summed E-state index contributed by atoms with van der Waals surface area (Å²) in [5, 5.41) is 11.0. The zero-order chi connectivity index (χ0) is 30.9. The molecule has 6 nitrogen and oxygen atoms in total. The van der Waals surface area contributed by atoms with E-state index in [1.165, 1.54) is 32.1 Å². The van der Waals surface area contributed by atoms with E-state index in [-0.39, 0.29) is 24.5 Å². The van der Waals surface area contributed by atoms with Crippen LogP contribution in [-0.4, -0.2) is 35.6 Å². The Labute approximate surface area is 256 Å². The summed E-state index contributed by atoms with van der Waals surface area (Å²) in [6.45, 7) is 4.03. The van der Waals surface area contributed by atoms with Crippen molar-refractivity contribution in [2.75, 3.05) is 6.54 Å². The van der Waals surface area contributed by atoms with Crippen LogP contribution in [0, 0.1) is 0 Å². The Balaban J connectivity index is 4.26. The number of hydrogen-bond acceptors (Lipinski definition) is 4. The summed E-state index contributed by atoms with van der Waals surface area (Å²) in [5.41, 5.74) is 0. The van der Waals surface area contributed by atoms with E-state index in [0.29, 0.717) is 12.8 Å². The molecule has 42 heavy (non-hydrogen) atoms. The first kappa shape index (κ1) is 39.1. The molecule has 0 aromatic rings. The van der Waals surface area contributed by atoms with Crippen LogP contribution in [0.4, 0.5) is 0 Å². The molecule has 0 saturated heterocycles. The molecule has 0 fully saturated rings. The van der Waals surface area contributed by atoms with Crippen LogP contribution in [0.5, 0.6) is 0 Å². The second-order valence-electron chi connectivity index (χ2n) is 10.7. The molecule has 6 heteroatoms. The number of amides is 1. The minimum absolute atomic E-state index is 0.0507. The van der Waals surface area contributed by atoms with Gasteiger partial charge in [-0.1, -0.05) is 120 Å². The van der Waals surface area contributed by atoms with E-state index in [1.807, 2.05) is 12.2 Å². The Morgan fingerprint density at radius 1 is 0.643 bits per heavy atom. The first-order chi connectivity index (χ1) is 20.5. The van der Waals surface area contributed by atoms with Gasteiger partial charge in [-0.15, -0.1) is 0 Å². The molecule has 0 aliphatic heterocycles. The van der Waals surface area contributed by atoms with Gasteiger partial charge in [0.15, 0.2) is 0 Å². The van der Waals surface area contributed by atoms with E-state index < -0.39 is 5.97 Å². The van der Waals surface area contributed by atoms with Crippen molar-refractivity contribution in [3.05, 3.63) is 60.8 Å². The number of unbranched alkanes of at least 4 members (excludes halogenated alkanes) is 8. The fraction of sp³-hybridized carbons (Fsp3) is 0.639.